The quantitative estimate of drug-likeness (QED) is 0.792. The van der Waals surface area contributed by atoms with Gasteiger partial charge in [0.2, 0.25) is 11.8 Å². The van der Waals surface area contributed by atoms with Crippen molar-refractivity contribution >= 4 is 23.8 Å². The average Bonchev–Trinajstić information content (AvgIpc) is 2.91. The molecule has 0 aliphatic carbocycles. The Morgan fingerprint density at radius 1 is 1.46 bits per heavy atom. The molecule has 0 atom stereocenters. The number of hydrogen-bond acceptors (Lipinski definition) is 5. The van der Waals surface area contributed by atoms with E-state index < -0.39 is 17.7 Å². The Balaban J connectivity index is 2.39. The van der Waals surface area contributed by atoms with Gasteiger partial charge in [0.05, 0.1) is 18.6 Å². The van der Waals surface area contributed by atoms with E-state index in [1.165, 1.54) is 13.0 Å². The van der Waals surface area contributed by atoms with E-state index in [9.17, 15) is 14.4 Å². The van der Waals surface area contributed by atoms with E-state index in [1.807, 2.05) is 18.4 Å². The molecule has 24 heavy (non-hydrogen) atoms. The second kappa shape index (κ2) is 7.39. The predicted octanol–water partition coefficient (Wildman–Crippen LogP) is 0.499. The zero-order valence-corrected chi connectivity index (χ0v) is 14.3. The van der Waals surface area contributed by atoms with Crippen molar-refractivity contribution in [3.63, 3.8) is 0 Å². The number of methoxy groups -OCH3 is 1. The van der Waals surface area contributed by atoms with E-state index in [0.29, 0.717) is 18.8 Å². The molecular weight excluding hydrogens is 312 g/mol. The Kier molecular flexibility index (Phi) is 5.50. The van der Waals surface area contributed by atoms with Gasteiger partial charge in [-0.2, -0.15) is 0 Å². The van der Waals surface area contributed by atoms with Gasteiger partial charge < -0.3 is 14.6 Å². The molecule has 1 aromatic rings. The standard InChI is InChI=1S/C16H22N4O4/c1-10(2)15-12(17-9-19(15)5-6-24-4)7-13-16(23)20(11(3)21)8-14(22)18-13/h7,9-10H,5-6,8H2,1-4H3,(H,18,22). The fourth-order valence-corrected chi connectivity index (χ4v) is 2.61. The minimum Gasteiger partial charge on any atom is -0.383 e. The molecule has 0 unspecified atom stereocenters. The maximum absolute atomic E-state index is 12.3. The molecule has 0 radical (unpaired) electrons. The number of piperazine rings is 1. The Morgan fingerprint density at radius 3 is 2.75 bits per heavy atom. The van der Waals surface area contributed by atoms with Gasteiger partial charge in [-0.05, 0) is 12.0 Å². The van der Waals surface area contributed by atoms with Crippen LogP contribution in [0.1, 0.15) is 38.1 Å². The number of carbonyl (C=O) groups is 3. The van der Waals surface area contributed by atoms with Gasteiger partial charge in [0.25, 0.3) is 5.91 Å². The summed E-state index contributed by atoms with van der Waals surface area (Å²) in [4.78, 5) is 40.9. The summed E-state index contributed by atoms with van der Waals surface area (Å²) in [5.41, 5.74) is 1.58. The normalized spacial score (nSPS) is 16.9. The number of carbonyl (C=O) groups excluding carboxylic acids is 3. The smallest absolute Gasteiger partial charge is 0.277 e. The fourth-order valence-electron chi connectivity index (χ4n) is 2.61. The summed E-state index contributed by atoms with van der Waals surface area (Å²) in [5, 5.41) is 2.52. The SMILES string of the molecule is COCCn1cnc(C=C2NC(=O)CN(C(C)=O)C2=O)c1C(C)C. The van der Waals surface area contributed by atoms with Crippen LogP contribution in [0, 0.1) is 0 Å². The van der Waals surface area contributed by atoms with E-state index in [2.05, 4.69) is 10.3 Å². The van der Waals surface area contributed by atoms with E-state index in [1.54, 1.807) is 13.4 Å². The second-order valence-electron chi connectivity index (χ2n) is 5.87. The Morgan fingerprint density at radius 2 is 2.17 bits per heavy atom. The summed E-state index contributed by atoms with van der Waals surface area (Å²) in [7, 11) is 1.63. The summed E-state index contributed by atoms with van der Waals surface area (Å²) in [6.07, 6.45) is 3.20. The minimum absolute atomic E-state index is 0.0559. The molecule has 2 heterocycles. The largest absolute Gasteiger partial charge is 0.383 e. The number of imidazole rings is 1. The maximum Gasteiger partial charge on any atom is 0.277 e. The number of imide groups is 1. The van der Waals surface area contributed by atoms with Crippen molar-refractivity contribution in [2.75, 3.05) is 20.3 Å². The van der Waals surface area contributed by atoms with Crippen LogP contribution in [-0.2, 0) is 25.7 Å². The van der Waals surface area contributed by atoms with Gasteiger partial charge in [0.15, 0.2) is 0 Å². The summed E-state index contributed by atoms with van der Waals surface area (Å²) < 4.78 is 7.05. The predicted molar refractivity (Wildman–Crippen MR) is 86.7 cm³/mol. The Bertz CT molecular complexity index is 690. The van der Waals surface area contributed by atoms with Crippen LogP contribution in [-0.4, -0.2) is 52.4 Å². The van der Waals surface area contributed by atoms with Crippen molar-refractivity contribution < 1.29 is 19.1 Å². The first-order valence-electron chi connectivity index (χ1n) is 7.73. The van der Waals surface area contributed by atoms with Crippen molar-refractivity contribution in [2.45, 2.75) is 33.2 Å². The second-order valence-corrected chi connectivity index (χ2v) is 5.87. The molecule has 0 bridgehead atoms. The minimum atomic E-state index is -0.525. The lowest BCUT2D eigenvalue weighted by Gasteiger charge is -2.25. The van der Waals surface area contributed by atoms with E-state index >= 15 is 0 Å². The fraction of sp³-hybridized carbons (Fsp3) is 0.500. The van der Waals surface area contributed by atoms with E-state index in [0.717, 1.165) is 10.6 Å². The van der Waals surface area contributed by atoms with Crippen LogP contribution in [0.5, 0.6) is 0 Å². The third kappa shape index (κ3) is 3.70. The number of rotatable bonds is 5. The van der Waals surface area contributed by atoms with Crippen molar-refractivity contribution in [2.24, 2.45) is 0 Å². The first kappa shape index (κ1) is 17.9. The third-order valence-electron chi connectivity index (χ3n) is 3.70. The van der Waals surface area contributed by atoms with Gasteiger partial charge in [0.1, 0.15) is 12.2 Å². The van der Waals surface area contributed by atoms with Gasteiger partial charge in [-0.25, -0.2) is 4.98 Å². The number of nitrogens with zero attached hydrogens (tertiary/aromatic N) is 3. The van der Waals surface area contributed by atoms with Crippen LogP contribution in [0.15, 0.2) is 12.0 Å². The van der Waals surface area contributed by atoms with Gasteiger partial charge in [-0.3, -0.25) is 19.3 Å². The number of hydrogen-bond donors (Lipinski definition) is 1. The molecule has 130 valence electrons. The molecule has 1 aliphatic rings. The molecule has 1 aliphatic heterocycles. The van der Waals surface area contributed by atoms with Gasteiger partial charge in [-0.15, -0.1) is 0 Å². The highest BCUT2D eigenvalue weighted by molar-refractivity contribution is 6.12. The van der Waals surface area contributed by atoms with Crippen LogP contribution >= 0.6 is 0 Å². The van der Waals surface area contributed by atoms with Crippen molar-refractivity contribution in [1.29, 1.82) is 0 Å². The topological polar surface area (TPSA) is 93.5 Å². The molecule has 1 aromatic heterocycles. The maximum atomic E-state index is 12.3. The Hall–Kier alpha value is -2.48. The molecule has 3 amide bonds. The molecule has 1 saturated heterocycles. The van der Waals surface area contributed by atoms with Crippen molar-refractivity contribution in [3.05, 3.63) is 23.4 Å². The molecule has 1 N–H and O–H groups in total. The molecular formula is C16H22N4O4. The number of ether oxygens (including phenoxy) is 1. The van der Waals surface area contributed by atoms with Crippen LogP contribution < -0.4 is 5.32 Å². The molecule has 1 fully saturated rings. The van der Waals surface area contributed by atoms with E-state index in [-0.39, 0.29) is 18.2 Å². The van der Waals surface area contributed by atoms with Crippen LogP contribution in [0.3, 0.4) is 0 Å². The van der Waals surface area contributed by atoms with Gasteiger partial charge >= 0.3 is 0 Å². The highest BCUT2D eigenvalue weighted by Crippen LogP contribution is 2.22. The summed E-state index contributed by atoms with van der Waals surface area (Å²) in [6, 6.07) is 0. The molecule has 0 aromatic carbocycles. The molecule has 0 spiro atoms. The van der Waals surface area contributed by atoms with Crippen LogP contribution in [0.4, 0.5) is 0 Å². The summed E-state index contributed by atoms with van der Waals surface area (Å²) in [6.45, 7) is 6.22. The van der Waals surface area contributed by atoms with Gasteiger partial charge in [0, 0.05) is 26.3 Å². The third-order valence-corrected chi connectivity index (χ3v) is 3.70. The molecule has 8 nitrogen and oxygen atoms in total. The molecule has 8 heteroatoms. The van der Waals surface area contributed by atoms with Crippen LogP contribution in [0.25, 0.3) is 6.08 Å². The first-order valence-corrected chi connectivity index (χ1v) is 7.73. The van der Waals surface area contributed by atoms with Crippen molar-refractivity contribution in [3.8, 4) is 0 Å². The molecule has 2 rings (SSSR count). The lowest BCUT2D eigenvalue weighted by atomic mass is 10.1. The van der Waals surface area contributed by atoms with Crippen molar-refractivity contribution in [1.82, 2.24) is 19.8 Å². The summed E-state index contributed by atoms with van der Waals surface area (Å²) in [5.74, 6) is -1.23. The number of aromatic nitrogens is 2. The Labute approximate surface area is 140 Å². The van der Waals surface area contributed by atoms with Gasteiger partial charge in [-0.1, -0.05) is 13.8 Å². The number of amides is 3. The molecule has 0 saturated carbocycles. The van der Waals surface area contributed by atoms with Crippen LogP contribution in [0.2, 0.25) is 0 Å². The zero-order valence-electron chi connectivity index (χ0n) is 14.3. The summed E-state index contributed by atoms with van der Waals surface area (Å²) >= 11 is 0. The average molecular weight is 334 g/mol. The monoisotopic (exact) mass is 334 g/mol. The highest BCUT2D eigenvalue weighted by Gasteiger charge is 2.31. The lowest BCUT2D eigenvalue weighted by Crippen LogP contribution is -2.51. The lowest BCUT2D eigenvalue weighted by molar-refractivity contribution is -0.147. The number of nitrogens with one attached hydrogen (secondary N) is 1. The van der Waals surface area contributed by atoms with E-state index in [4.69, 9.17) is 4.74 Å². The highest BCUT2D eigenvalue weighted by atomic mass is 16.5. The first-order chi connectivity index (χ1) is 11.3. The zero-order chi connectivity index (χ0) is 17.9.